The fourth-order valence-electron chi connectivity index (χ4n) is 2.85. The van der Waals surface area contributed by atoms with Crippen LogP contribution >= 0.6 is 0 Å². The zero-order valence-corrected chi connectivity index (χ0v) is 14.8. The van der Waals surface area contributed by atoms with Gasteiger partial charge in [-0.1, -0.05) is 13.8 Å². The molecule has 1 saturated heterocycles. The third kappa shape index (κ3) is 5.95. The number of ether oxygens (including phenoxy) is 1. The van der Waals surface area contributed by atoms with E-state index in [9.17, 15) is 0 Å². The standard InChI is InChI=1S/C17H31N5O/c1-4-7-22(8-5-2)17-14-16(19-15(3)20-17)18-6-9-21-10-12-23-13-11-21/h14H,4-13H2,1-3H3,(H,18,19,20). The topological polar surface area (TPSA) is 53.5 Å². The molecule has 0 radical (unpaired) electrons. The van der Waals surface area contributed by atoms with Crippen LogP contribution in [0, 0.1) is 6.92 Å². The number of hydrogen-bond donors (Lipinski definition) is 1. The lowest BCUT2D eigenvalue weighted by Gasteiger charge is -2.26. The summed E-state index contributed by atoms with van der Waals surface area (Å²) in [6, 6.07) is 2.08. The molecular weight excluding hydrogens is 290 g/mol. The van der Waals surface area contributed by atoms with Gasteiger partial charge in [-0.3, -0.25) is 4.90 Å². The Labute approximate surface area is 140 Å². The summed E-state index contributed by atoms with van der Waals surface area (Å²) >= 11 is 0. The Kier molecular flexibility index (Phi) is 7.55. The number of aryl methyl sites for hydroxylation is 1. The van der Waals surface area contributed by atoms with Gasteiger partial charge in [-0.25, -0.2) is 9.97 Å². The van der Waals surface area contributed by atoms with Gasteiger partial charge in [-0.15, -0.1) is 0 Å². The summed E-state index contributed by atoms with van der Waals surface area (Å²) in [6.45, 7) is 14.1. The predicted molar refractivity (Wildman–Crippen MR) is 95.3 cm³/mol. The van der Waals surface area contributed by atoms with Crippen molar-refractivity contribution in [2.24, 2.45) is 0 Å². The van der Waals surface area contributed by atoms with Crippen molar-refractivity contribution in [3.63, 3.8) is 0 Å². The second-order valence-electron chi connectivity index (χ2n) is 6.03. The summed E-state index contributed by atoms with van der Waals surface area (Å²) in [4.78, 5) is 13.9. The van der Waals surface area contributed by atoms with E-state index in [0.29, 0.717) is 0 Å². The molecule has 23 heavy (non-hydrogen) atoms. The number of morpholine rings is 1. The Bertz CT molecular complexity index is 456. The van der Waals surface area contributed by atoms with Crippen LogP contribution in [0.15, 0.2) is 6.07 Å². The maximum absolute atomic E-state index is 5.38. The summed E-state index contributed by atoms with van der Waals surface area (Å²) < 4.78 is 5.38. The van der Waals surface area contributed by atoms with Crippen LogP contribution in [0.2, 0.25) is 0 Å². The van der Waals surface area contributed by atoms with Crippen LogP contribution in [-0.2, 0) is 4.74 Å². The molecule has 1 aromatic rings. The normalized spacial score (nSPS) is 15.6. The molecule has 6 heteroatoms. The predicted octanol–water partition coefficient (Wildman–Crippen LogP) is 2.16. The van der Waals surface area contributed by atoms with Crippen LogP contribution in [-0.4, -0.2) is 67.4 Å². The van der Waals surface area contributed by atoms with E-state index in [4.69, 9.17) is 4.74 Å². The SMILES string of the molecule is CCCN(CCC)c1cc(NCCN2CCOCC2)nc(C)n1. The van der Waals surface area contributed by atoms with Crippen molar-refractivity contribution in [2.45, 2.75) is 33.6 Å². The van der Waals surface area contributed by atoms with Crippen molar-refractivity contribution >= 4 is 11.6 Å². The Morgan fingerprint density at radius 1 is 1.17 bits per heavy atom. The van der Waals surface area contributed by atoms with Gasteiger partial charge in [0, 0.05) is 45.3 Å². The van der Waals surface area contributed by atoms with Crippen molar-refractivity contribution in [1.29, 1.82) is 0 Å². The fourth-order valence-corrected chi connectivity index (χ4v) is 2.85. The molecule has 2 heterocycles. The van der Waals surface area contributed by atoms with E-state index in [1.807, 2.05) is 6.92 Å². The molecule has 130 valence electrons. The van der Waals surface area contributed by atoms with Gasteiger partial charge in [0.2, 0.25) is 0 Å². The van der Waals surface area contributed by atoms with Gasteiger partial charge in [0.1, 0.15) is 17.5 Å². The maximum atomic E-state index is 5.38. The van der Waals surface area contributed by atoms with E-state index >= 15 is 0 Å². The molecule has 1 N–H and O–H groups in total. The average Bonchev–Trinajstić information content (AvgIpc) is 2.55. The zero-order chi connectivity index (χ0) is 16.5. The molecule has 0 amide bonds. The molecule has 1 aliphatic rings. The van der Waals surface area contributed by atoms with Gasteiger partial charge >= 0.3 is 0 Å². The van der Waals surface area contributed by atoms with E-state index in [1.165, 1.54) is 0 Å². The molecule has 1 aromatic heterocycles. The lowest BCUT2D eigenvalue weighted by Crippen LogP contribution is -2.39. The molecule has 1 fully saturated rings. The van der Waals surface area contributed by atoms with Crippen LogP contribution in [0.3, 0.4) is 0 Å². The molecule has 6 nitrogen and oxygen atoms in total. The van der Waals surface area contributed by atoms with Crippen molar-refractivity contribution < 1.29 is 4.74 Å². The Morgan fingerprint density at radius 3 is 2.52 bits per heavy atom. The second kappa shape index (κ2) is 9.67. The number of aromatic nitrogens is 2. The van der Waals surface area contributed by atoms with Gasteiger partial charge in [-0.05, 0) is 19.8 Å². The molecule has 0 aliphatic carbocycles. The fraction of sp³-hybridized carbons (Fsp3) is 0.765. The van der Waals surface area contributed by atoms with Crippen molar-refractivity contribution in [2.75, 3.05) is 62.7 Å². The molecule has 0 spiro atoms. The average molecular weight is 321 g/mol. The van der Waals surface area contributed by atoms with Crippen LogP contribution in [0.25, 0.3) is 0 Å². The van der Waals surface area contributed by atoms with Gasteiger partial charge < -0.3 is 15.0 Å². The number of nitrogens with one attached hydrogen (secondary N) is 1. The highest BCUT2D eigenvalue weighted by atomic mass is 16.5. The first-order valence-corrected chi connectivity index (χ1v) is 8.87. The summed E-state index contributed by atoms with van der Waals surface area (Å²) in [6.07, 6.45) is 2.26. The highest BCUT2D eigenvalue weighted by Gasteiger charge is 2.11. The number of nitrogens with zero attached hydrogens (tertiary/aromatic N) is 4. The van der Waals surface area contributed by atoms with Crippen LogP contribution in [0.1, 0.15) is 32.5 Å². The Balaban J connectivity index is 1.92. The molecule has 0 bridgehead atoms. The van der Waals surface area contributed by atoms with Crippen LogP contribution in [0.5, 0.6) is 0 Å². The first-order chi connectivity index (χ1) is 11.2. The Morgan fingerprint density at radius 2 is 1.87 bits per heavy atom. The van der Waals surface area contributed by atoms with Gasteiger partial charge in [0.25, 0.3) is 0 Å². The van der Waals surface area contributed by atoms with Crippen LogP contribution < -0.4 is 10.2 Å². The van der Waals surface area contributed by atoms with E-state index < -0.39 is 0 Å². The lowest BCUT2D eigenvalue weighted by molar-refractivity contribution is 0.0398. The minimum absolute atomic E-state index is 0.827. The highest BCUT2D eigenvalue weighted by molar-refractivity contribution is 5.49. The zero-order valence-electron chi connectivity index (χ0n) is 14.8. The minimum atomic E-state index is 0.827. The van der Waals surface area contributed by atoms with Gasteiger partial charge in [0.05, 0.1) is 13.2 Å². The third-order valence-corrected chi connectivity index (χ3v) is 3.97. The summed E-state index contributed by atoms with van der Waals surface area (Å²) in [5, 5.41) is 3.45. The molecule has 0 unspecified atom stereocenters. The monoisotopic (exact) mass is 321 g/mol. The highest BCUT2D eigenvalue weighted by Crippen LogP contribution is 2.16. The molecule has 0 atom stereocenters. The minimum Gasteiger partial charge on any atom is -0.379 e. The largest absolute Gasteiger partial charge is 0.379 e. The van der Waals surface area contributed by atoms with Gasteiger partial charge in [0.15, 0.2) is 0 Å². The van der Waals surface area contributed by atoms with Crippen molar-refractivity contribution in [1.82, 2.24) is 14.9 Å². The molecule has 1 aliphatic heterocycles. The first kappa shape index (κ1) is 17.9. The Hall–Kier alpha value is -1.40. The summed E-state index contributed by atoms with van der Waals surface area (Å²) in [5.74, 6) is 2.79. The maximum Gasteiger partial charge on any atom is 0.134 e. The van der Waals surface area contributed by atoms with E-state index in [1.54, 1.807) is 0 Å². The number of rotatable bonds is 9. The molecular formula is C17H31N5O. The van der Waals surface area contributed by atoms with Crippen molar-refractivity contribution in [3.8, 4) is 0 Å². The van der Waals surface area contributed by atoms with E-state index in [0.717, 1.165) is 82.8 Å². The van der Waals surface area contributed by atoms with E-state index in [2.05, 4.69) is 45.0 Å². The van der Waals surface area contributed by atoms with E-state index in [-0.39, 0.29) is 0 Å². The van der Waals surface area contributed by atoms with Crippen molar-refractivity contribution in [3.05, 3.63) is 11.9 Å². The summed E-state index contributed by atoms with van der Waals surface area (Å²) in [7, 11) is 0. The molecule has 0 aromatic carbocycles. The second-order valence-corrected chi connectivity index (χ2v) is 6.03. The molecule has 2 rings (SSSR count). The molecule has 0 saturated carbocycles. The van der Waals surface area contributed by atoms with Gasteiger partial charge in [-0.2, -0.15) is 0 Å². The lowest BCUT2D eigenvalue weighted by atomic mass is 10.3. The quantitative estimate of drug-likeness (QED) is 0.752. The number of anilines is 2. The smallest absolute Gasteiger partial charge is 0.134 e. The number of hydrogen-bond acceptors (Lipinski definition) is 6. The summed E-state index contributed by atoms with van der Waals surface area (Å²) in [5.41, 5.74) is 0. The third-order valence-electron chi connectivity index (χ3n) is 3.97. The first-order valence-electron chi connectivity index (χ1n) is 8.87. The van der Waals surface area contributed by atoms with Crippen LogP contribution in [0.4, 0.5) is 11.6 Å².